The van der Waals surface area contributed by atoms with Gasteiger partial charge in [-0.2, -0.15) is 5.10 Å². The predicted molar refractivity (Wildman–Crippen MR) is 46.8 cm³/mol. The van der Waals surface area contributed by atoms with Crippen LogP contribution in [-0.2, 0) is 0 Å². The summed E-state index contributed by atoms with van der Waals surface area (Å²) in [6.45, 7) is 3.80. The predicted octanol–water partition coefficient (Wildman–Crippen LogP) is 0.830. The molecule has 0 unspecified atom stereocenters. The number of nitrogens with two attached hydrogens (primary N) is 1. The fourth-order valence-electron chi connectivity index (χ4n) is 0.778. The Morgan fingerprint density at radius 2 is 2.09 bits per heavy atom. The van der Waals surface area contributed by atoms with Crippen molar-refractivity contribution in [3.63, 3.8) is 0 Å². The maximum absolute atomic E-state index is 5.33. The summed E-state index contributed by atoms with van der Waals surface area (Å²) in [5.74, 6) is 5.33. The average Bonchev–Trinajstić information content (AvgIpc) is 1.93. The molecule has 1 aliphatic rings. The first kappa shape index (κ1) is 7.75. The molecule has 0 saturated carbocycles. The third-order valence-corrected chi connectivity index (χ3v) is 1.26. The standard InChI is InChI=1S/C8H11N3/c1-7-5-3-4-6-8(7)10-11(2)9/h3-6H,1,9H2,2H3/b10-8-. The number of rotatable bonds is 1. The molecule has 0 radical (unpaired) electrons. The SMILES string of the molecule is C=C1C=CC=C/C1=N/N(C)N. The van der Waals surface area contributed by atoms with Gasteiger partial charge in [0.15, 0.2) is 0 Å². The second kappa shape index (κ2) is 3.16. The van der Waals surface area contributed by atoms with E-state index in [0.29, 0.717) is 0 Å². The molecule has 0 aromatic heterocycles. The fourth-order valence-corrected chi connectivity index (χ4v) is 0.778. The van der Waals surface area contributed by atoms with Crippen molar-refractivity contribution < 1.29 is 0 Å². The van der Waals surface area contributed by atoms with Crippen LogP contribution in [0.25, 0.3) is 0 Å². The molecule has 0 atom stereocenters. The van der Waals surface area contributed by atoms with Crippen molar-refractivity contribution in [2.45, 2.75) is 0 Å². The van der Waals surface area contributed by atoms with Crippen molar-refractivity contribution >= 4 is 5.71 Å². The third-order valence-electron chi connectivity index (χ3n) is 1.26. The molecule has 0 aromatic carbocycles. The minimum atomic E-state index is 0.803. The number of hydrogen-bond donors (Lipinski definition) is 1. The van der Waals surface area contributed by atoms with Crippen molar-refractivity contribution in [1.29, 1.82) is 0 Å². The van der Waals surface area contributed by atoms with Crippen molar-refractivity contribution in [2.75, 3.05) is 7.05 Å². The zero-order valence-electron chi connectivity index (χ0n) is 6.49. The van der Waals surface area contributed by atoms with Crippen molar-refractivity contribution in [1.82, 2.24) is 5.12 Å². The Morgan fingerprint density at radius 1 is 1.45 bits per heavy atom. The molecule has 1 rings (SSSR count). The first-order chi connectivity index (χ1) is 5.20. The highest BCUT2D eigenvalue weighted by molar-refractivity contribution is 6.10. The van der Waals surface area contributed by atoms with Gasteiger partial charge in [-0.15, -0.1) is 0 Å². The van der Waals surface area contributed by atoms with Crippen LogP contribution in [0, 0.1) is 0 Å². The molecule has 2 N–H and O–H groups in total. The first-order valence-corrected chi connectivity index (χ1v) is 3.31. The summed E-state index contributed by atoms with van der Waals surface area (Å²) in [5.41, 5.74) is 1.68. The Hall–Kier alpha value is -1.35. The van der Waals surface area contributed by atoms with Gasteiger partial charge in [-0.1, -0.05) is 24.8 Å². The van der Waals surface area contributed by atoms with Crippen LogP contribution < -0.4 is 5.84 Å². The maximum Gasteiger partial charge on any atom is 0.0913 e. The highest BCUT2D eigenvalue weighted by atomic mass is 15.6. The lowest BCUT2D eigenvalue weighted by Gasteiger charge is -2.08. The van der Waals surface area contributed by atoms with Crippen LogP contribution in [0.4, 0.5) is 0 Å². The van der Waals surface area contributed by atoms with E-state index >= 15 is 0 Å². The Kier molecular flexibility index (Phi) is 2.23. The maximum atomic E-state index is 5.33. The molecule has 0 aliphatic heterocycles. The van der Waals surface area contributed by atoms with Gasteiger partial charge < -0.3 is 0 Å². The molecule has 0 fully saturated rings. The quantitative estimate of drug-likeness (QED) is 0.443. The van der Waals surface area contributed by atoms with Crippen LogP contribution in [0.3, 0.4) is 0 Å². The summed E-state index contributed by atoms with van der Waals surface area (Å²) in [5, 5.41) is 5.28. The number of hydrogen-bond acceptors (Lipinski definition) is 3. The molecular weight excluding hydrogens is 138 g/mol. The molecule has 0 heterocycles. The normalized spacial score (nSPS) is 19.5. The van der Waals surface area contributed by atoms with Gasteiger partial charge in [0.1, 0.15) is 0 Å². The molecule has 0 amide bonds. The van der Waals surface area contributed by atoms with Crippen LogP contribution in [0.15, 0.2) is 41.6 Å². The monoisotopic (exact) mass is 149 g/mol. The van der Waals surface area contributed by atoms with Gasteiger partial charge in [0, 0.05) is 7.05 Å². The van der Waals surface area contributed by atoms with Crippen molar-refractivity contribution in [3.8, 4) is 0 Å². The number of hydrazone groups is 1. The van der Waals surface area contributed by atoms with Crippen LogP contribution >= 0.6 is 0 Å². The average molecular weight is 149 g/mol. The Bertz CT molecular complexity index is 246. The summed E-state index contributed by atoms with van der Waals surface area (Å²) in [7, 11) is 1.67. The van der Waals surface area contributed by atoms with Gasteiger partial charge in [-0.3, -0.25) is 0 Å². The van der Waals surface area contributed by atoms with Gasteiger partial charge in [0.2, 0.25) is 0 Å². The van der Waals surface area contributed by atoms with E-state index < -0.39 is 0 Å². The zero-order chi connectivity index (χ0) is 8.27. The minimum absolute atomic E-state index is 0.803. The highest BCUT2D eigenvalue weighted by Gasteiger charge is 2.00. The van der Waals surface area contributed by atoms with Gasteiger partial charge in [-0.05, 0) is 11.6 Å². The molecule has 58 valence electrons. The van der Waals surface area contributed by atoms with Gasteiger partial charge in [-0.25, -0.2) is 11.0 Å². The van der Waals surface area contributed by atoms with E-state index in [4.69, 9.17) is 5.84 Å². The zero-order valence-corrected chi connectivity index (χ0v) is 6.49. The van der Waals surface area contributed by atoms with Crippen molar-refractivity contribution in [3.05, 3.63) is 36.5 Å². The summed E-state index contributed by atoms with van der Waals surface area (Å²) in [6.07, 6.45) is 7.57. The van der Waals surface area contributed by atoms with E-state index in [0.717, 1.165) is 11.3 Å². The summed E-state index contributed by atoms with van der Waals surface area (Å²) < 4.78 is 0. The van der Waals surface area contributed by atoms with E-state index in [1.165, 1.54) is 5.12 Å². The third kappa shape index (κ3) is 2.05. The van der Waals surface area contributed by atoms with Gasteiger partial charge in [0.25, 0.3) is 0 Å². The van der Waals surface area contributed by atoms with Crippen LogP contribution in [-0.4, -0.2) is 17.9 Å². The molecule has 0 bridgehead atoms. The minimum Gasteiger partial charge on any atom is -0.235 e. The summed E-state index contributed by atoms with van der Waals surface area (Å²) >= 11 is 0. The van der Waals surface area contributed by atoms with Crippen molar-refractivity contribution in [2.24, 2.45) is 10.9 Å². The Labute approximate surface area is 66.2 Å². The second-order valence-corrected chi connectivity index (χ2v) is 2.30. The summed E-state index contributed by atoms with van der Waals surface area (Å²) in [4.78, 5) is 0. The van der Waals surface area contributed by atoms with Crippen LogP contribution in [0.1, 0.15) is 0 Å². The first-order valence-electron chi connectivity index (χ1n) is 3.31. The second-order valence-electron chi connectivity index (χ2n) is 2.30. The van der Waals surface area contributed by atoms with Crippen LogP contribution in [0.5, 0.6) is 0 Å². The molecular formula is C8H11N3. The fraction of sp³-hybridized carbons (Fsp3) is 0.125. The number of nitrogens with zero attached hydrogens (tertiary/aromatic N) is 2. The smallest absolute Gasteiger partial charge is 0.0913 e. The largest absolute Gasteiger partial charge is 0.235 e. The van der Waals surface area contributed by atoms with E-state index in [2.05, 4.69) is 11.7 Å². The lowest BCUT2D eigenvalue weighted by molar-refractivity contribution is 0.372. The highest BCUT2D eigenvalue weighted by Crippen LogP contribution is 2.05. The molecule has 3 heteroatoms. The molecule has 0 saturated heterocycles. The lowest BCUT2D eigenvalue weighted by atomic mass is 10.1. The molecule has 0 spiro atoms. The molecule has 3 nitrogen and oxygen atoms in total. The van der Waals surface area contributed by atoms with E-state index in [1.54, 1.807) is 7.05 Å². The summed E-state index contributed by atoms with van der Waals surface area (Å²) in [6, 6.07) is 0. The molecule has 1 aliphatic carbocycles. The molecule has 11 heavy (non-hydrogen) atoms. The molecule has 0 aromatic rings. The van der Waals surface area contributed by atoms with E-state index in [9.17, 15) is 0 Å². The Morgan fingerprint density at radius 3 is 2.64 bits per heavy atom. The van der Waals surface area contributed by atoms with Gasteiger partial charge in [0.05, 0.1) is 5.71 Å². The van der Waals surface area contributed by atoms with E-state index in [1.807, 2.05) is 24.3 Å². The lowest BCUT2D eigenvalue weighted by Crippen LogP contribution is -2.21. The van der Waals surface area contributed by atoms with E-state index in [-0.39, 0.29) is 0 Å². The Balaban J connectivity index is 2.81. The topological polar surface area (TPSA) is 41.6 Å². The number of hydrazine groups is 1. The van der Waals surface area contributed by atoms with Gasteiger partial charge >= 0.3 is 0 Å². The number of allylic oxidation sites excluding steroid dienone is 5. The van der Waals surface area contributed by atoms with Crippen LogP contribution in [0.2, 0.25) is 0 Å².